The summed E-state index contributed by atoms with van der Waals surface area (Å²) in [5, 5.41) is 5.40. The molecule has 1 aliphatic carbocycles. The van der Waals surface area contributed by atoms with Gasteiger partial charge < -0.3 is 20.5 Å². The highest BCUT2D eigenvalue weighted by molar-refractivity contribution is 6.00. The van der Waals surface area contributed by atoms with E-state index in [9.17, 15) is 0 Å². The number of nitrogens with one attached hydrogen (secondary N) is 1. The van der Waals surface area contributed by atoms with Crippen molar-refractivity contribution >= 4 is 39.4 Å². The van der Waals surface area contributed by atoms with Crippen LogP contribution in [-0.4, -0.2) is 73.6 Å². The monoisotopic (exact) mass is 561 g/mol. The molecule has 0 unspecified atom stereocenters. The molecule has 7 rings (SSSR count). The van der Waals surface area contributed by atoms with E-state index in [2.05, 4.69) is 92.3 Å². The van der Waals surface area contributed by atoms with E-state index in [0.717, 1.165) is 57.3 Å². The lowest BCUT2D eigenvalue weighted by atomic mass is 9.89. The molecule has 0 amide bonds. The predicted molar refractivity (Wildman–Crippen MR) is 170 cm³/mol. The Labute approximate surface area is 246 Å². The predicted octanol–water partition coefficient (Wildman–Crippen LogP) is 5.72. The minimum Gasteiger partial charge on any atom is -0.383 e. The first kappa shape index (κ1) is 26.8. The lowest BCUT2D eigenvalue weighted by Gasteiger charge is -2.41. The number of nitrogens with two attached hydrogens (primary N) is 1. The van der Waals surface area contributed by atoms with Crippen LogP contribution in [0.1, 0.15) is 43.0 Å². The Kier molecular flexibility index (Phi) is 6.99. The number of nitrogens with zero attached hydrogens (tertiary/aromatic N) is 7. The molecule has 0 radical (unpaired) electrons. The van der Waals surface area contributed by atoms with E-state index < -0.39 is 0 Å². The number of rotatable bonds is 5. The summed E-state index contributed by atoms with van der Waals surface area (Å²) >= 11 is 0. The average molecular weight is 562 g/mol. The number of aromatic nitrogens is 5. The van der Waals surface area contributed by atoms with E-state index >= 15 is 0 Å². The van der Waals surface area contributed by atoms with E-state index in [1.165, 1.54) is 44.6 Å². The molecule has 0 atom stereocenters. The van der Waals surface area contributed by atoms with Crippen molar-refractivity contribution in [2.45, 2.75) is 51.6 Å². The van der Waals surface area contributed by atoms with E-state index in [-0.39, 0.29) is 0 Å². The van der Waals surface area contributed by atoms with Gasteiger partial charge in [-0.25, -0.2) is 19.9 Å². The van der Waals surface area contributed by atoms with Gasteiger partial charge in [-0.3, -0.25) is 4.90 Å². The number of benzene rings is 2. The Morgan fingerprint density at radius 2 is 1.60 bits per heavy atom. The topological polar surface area (TPSA) is 101 Å². The first-order valence-corrected chi connectivity index (χ1v) is 15.1. The molecular weight excluding hydrogens is 522 g/mol. The molecule has 216 valence electrons. The summed E-state index contributed by atoms with van der Waals surface area (Å²) in [6.07, 6.45) is 8.58. The van der Waals surface area contributed by atoms with Gasteiger partial charge in [0.15, 0.2) is 0 Å². The molecule has 2 fully saturated rings. The lowest BCUT2D eigenvalue weighted by Crippen LogP contribution is -2.49. The first-order chi connectivity index (χ1) is 20.4. The van der Waals surface area contributed by atoms with Crippen LogP contribution in [0.2, 0.25) is 0 Å². The van der Waals surface area contributed by atoms with Crippen LogP contribution in [0.15, 0.2) is 55.0 Å². The molecule has 9 heteroatoms. The van der Waals surface area contributed by atoms with Crippen molar-refractivity contribution in [1.82, 2.24) is 34.3 Å². The molecule has 42 heavy (non-hydrogen) atoms. The third kappa shape index (κ3) is 5.07. The van der Waals surface area contributed by atoms with E-state index in [0.29, 0.717) is 23.8 Å². The zero-order valence-corrected chi connectivity index (χ0v) is 24.7. The molecule has 1 saturated heterocycles. The van der Waals surface area contributed by atoms with E-state index in [1.54, 1.807) is 6.33 Å². The summed E-state index contributed by atoms with van der Waals surface area (Å²) in [5.41, 5.74) is 13.6. The molecule has 1 saturated carbocycles. The van der Waals surface area contributed by atoms with Gasteiger partial charge >= 0.3 is 0 Å². The highest BCUT2D eigenvalue weighted by atomic mass is 15.3. The van der Waals surface area contributed by atoms with Crippen molar-refractivity contribution < 1.29 is 0 Å². The maximum absolute atomic E-state index is 6.47. The van der Waals surface area contributed by atoms with Crippen LogP contribution >= 0.6 is 0 Å². The number of piperazine rings is 1. The molecule has 3 N–H and O–H groups in total. The fourth-order valence-corrected chi connectivity index (χ4v) is 6.81. The van der Waals surface area contributed by atoms with Gasteiger partial charge in [-0.2, -0.15) is 0 Å². The number of hydrogen-bond donors (Lipinski definition) is 2. The maximum atomic E-state index is 6.47. The van der Waals surface area contributed by atoms with Crippen LogP contribution in [0, 0.1) is 13.8 Å². The Bertz CT molecular complexity index is 1730. The van der Waals surface area contributed by atoms with Gasteiger partial charge in [0.25, 0.3) is 0 Å². The summed E-state index contributed by atoms with van der Waals surface area (Å²) in [6, 6.07) is 15.8. The van der Waals surface area contributed by atoms with E-state index in [1.807, 2.05) is 6.92 Å². The number of hydrogen-bond acceptors (Lipinski definition) is 8. The Balaban J connectivity index is 1.13. The number of anilines is 3. The molecule has 0 spiro atoms. The van der Waals surface area contributed by atoms with Crippen LogP contribution in [0.4, 0.5) is 17.5 Å². The van der Waals surface area contributed by atoms with Crippen molar-refractivity contribution in [2.24, 2.45) is 0 Å². The normalized spacial score (nSPS) is 20.4. The minimum atomic E-state index is 0.414. The quantitative estimate of drug-likeness (QED) is 0.281. The number of likely N-dealkylation sites (N-methyl/N-ethyl adjacent to an activating group) is 1. The van der Waals surface area contributed by atoms with Crippen molar-refractivity contribution in [1.29, 1.82) is 0 Å². The SMILES string of the molecule is Cc1ccc2c(C)nc(Nc3ccc(-c4cn(C5CCC(N6CCN(C)CC6)CC5)c5ncnc(N)c45)cc3)nc2c1. The molecule has 4 heterocycles. The molecular formula is C33H39N9. The second-order valence-corrected chi connectivity index (χ2v) is 12.1. The van der Waals surface area contributed by atoms with Gasteiger partial charge in [0.05, 0.1) is 16.6 Å². The molecule has 5 aromatic rings. The second-order valence-electron chi connectivity index (χ2n) is 12.1. The van der Waals surface area contributed by atoms with Crippen LogP contribution in [0.5, 0.6) is 0 Å². The summed E-state index contributed by atoms with van der Waals surface area (Å²) in [5.74, 6) is 1.12. The highest BCUT2D eigenvalue weighted by Gasteiger charge is 2.30. The largest absolute Gasteiger partial charge is 0.383 e. The second kappa shape index (κ2) is 11.0. The van der Waals surface area contributed by atoms with Crippen molar-refractivity contribution in [3.05, 3.63) is 66.2 Å². The first-order valence-electron chi connectivity index (χ1n) is 15.1. The average Bonchev–Trinajstić information content (AvgIpc) is 3.39. The molecule has 2 aromatic carbocycles. The third-order valence-electron chi connectivity index (χ3n) is 9.25. The fraction of sp³-hybridized carbons (Fsp3) is 0.394. The van der Waals surface area contributed by atoms with Crippen molar-refractivity contribution in [2.75, 3.05) is 44.3 Å². The lowest BCUT2D eigenvalue weighted by molar-refractivity contribution is 0.0828. The summed E-state index contributed by atoms with van der Waals surface area (Å²) in [6.45, 7) is 8.81. The smallest absolute Gasteiger partial charge is 0.228 e. The van der Waals surface area contributed by atoms with Crippen molar-refractivity contribution in [3.8, 4) is 11.1 Å². The minimum absolute atomic E-state index is 0.414. The summed E-state index contributed by atoms with van der Waals surface area (Å²) in [4.78, 5) is 23.7. The summed E-state index contributed by atoms with van der Waals surface area (Å²) in [7, 11) is 2.22. The van der Waals surface area contributed by atoms with Gasteiger partial charge in [0, 0.05) is 61.1 Å². The Morgan fingerprint density at radius 3 is 2.36 bits per heavy atom. The molecule has 9 nitrogen and oxygen atoms in total. The number of aryl methyl sites for hydroxylation is 2. The van der Waals surface area contributed by atoms with Crippen LogP contribution in [0.25, 0.3) is 33.1 Å². The molecule has 1 aliphatic heterocycles. The fourth-order valence-electron chi connectivity index (χ4n) is 6.81. The van der Waals surface area contributed by atoms with Crippen LogP contribution in [0.3, 0.4) is 0 Å². The zero-order valence-electron chi connectivity index (χ0n) is 24.7. The van der Waals surface area contributed by atoms with Crippen LogP contribution < -0.4 is 11.1 Å². The number of nitrogen functional groups attached to an aromatic ring is 1. The van der Waals surface area contributed by atoms with Gasteiger partial charge in [-0.05, 0) is 75.9 Å². The molecule has 0 bridgehead atoms. The van der Waals surface area contributed by atoms with Crippen LogP contribution in [-0.2, 0) is 0 Å². The van der Waals surface area contributed by atoms with Crippen molar-refractivity contribution in [3.63, 3.8) is 0 Å². The zero-order chi connectivity index (χ0) is 28.8. The number of fused-ring (bicyclic) bond motifs is 2. The Hall–Kier alpha value is -4.08. The van der Waals surface area contributed by atoms with Gasteiger partial charge in [-0.1, -0.05) is 24.3 Å². The van der Waals surface area contributed by atoms with E-state index in [4.69, 9.17) is 15.7 Å². The van der Waals surface area contributed by atoms with Gasteiger partial charge in [0.1, 0.15) is 17.8 Å². The Morgan fingerprint density at radius 1 is 0.857 bits per heavy atom. The molecule has 3 aromatic heterocycles. The molecule has 2 aliphatic rings. The highest BCUT2D eigenvalue weighted by Crippen LogP contribution is 2.39. The summed E-state index contributed by atoms with van der Waals surface area (Å²) < 4.78 is 2.36. The third-order valence-corrected chi connectivity index (χ3v) is 9.25. The van der Waals surface area contributed by atoms with Gasteiger partial charge in [-0.15, -0.1) is 0 Å². The van der Waals surface area contributed by atoms with Gasteiger partial charge in [0.2, 0.25) is 5.95 Å². The standard InChI is InChI=1S/C33H39N9/c1-21-4-13-27-22(2)37-33(39-29(27)18-21)38-24-7-5-23(6-8-24)28-19-42(32-30(28)31(34)35-20-36-32)26-11-9-25(10-12-26)41-16-14-40(3)15-17-41/h4-8,13,18-20,25-26H,9-12,14-17H2,1-3H3,(H2,34,35,36)(H,37,38,39). The maximum Gasteiger partial charge on any atom is 0.228 e.